The van der Waals surface area contributed by atoms with Crippen LogP contribution in [0.1, 0.15) is 44.9 Å². The largest absolute Gasteiger partial charge is 0.322 e. The molecule has 2 heterocycles. The fourth-order valence-electron chi connectivity index (χ4n) is 4.03. The lowest BCUT2D eigenvalue weighted by Crippen LogP contribution is -2.27. The van der Waals surface area contributed by atoms with Gasteiger partial charge in [0.1, 0.15) is 0 Å². The quantitative estimate of drug-likeness (QED) is 0.425. The van der Waals surface area contributed by atoms with Crippen LogP contribution in [-0.4, -0.2) is 35.3 Å². The number of hydrogen-bond acceptors (Lipinski definition) is 3. The smallest absolute Gasteiger partial charge is 0.218 e. The first kappa shape index (κ1) is 16.1. The van der Waals surface area contributed by atoms with Crippen molar-refractivity contribution in [3.8, 4) is 0 Å². The standard InChI is InChI=1S/C18H26ClN2OP/c19-17-11-5-2-6-12-18(17)22-23-20-13-7-10-16(20)14-21(23)15-8-3-1-4-9-15/h1,3-4,8-9,16-18H,2,5-7,10-14H2. The zero-order valence-electron chi connectivity index (χ0n) is 13.6. The summed E-state index contributed by atoms with van der Waals surface area (Å²) in [6.45, 7) is 2.29. The molecular weight excluding hydrogens is 327 g/mol. The number of alkyl halides is 1. The summed E-state index contributed by atoms with van der Waals surface area (Å²) in [5.74, 6) is 0. The van der Waals surface area contributed by atoms with E-state index in [1.54, 1.807) is 0 Å². The molecule has 1 aromatic carbocycles. The lowest BCUT2D eigenvalue weighted by atomic mass is 10.1. The molecule has 1 aliphatic carbocycles. The van der Waals surface area contributed by atoms with E-state index in [0.717, 1.165) is 19.4 Å². The van der Waals surface area contributed by atoms with Crippen LogP contribution < -0.4 is 4.67 Å². The number of rotatable bonds is 3. The molecule has 1 saturated carbocycles. The van der Waals surface area contributed by atoms with Gasteiger partial charge in [0, 0.05) is 24.8 Å². The monoisotopic (exact) mass is 352 g/mol. The van der Waals surface area contributed by atoms with Gasteiger partial charge in [-0.05, 0) is 37.8 Å². The average Bonchev–Trinajstić information content (AvgIpc) is 3.10. The van der Waals surface area contributed by atoms with Gasteiger partial charge >= 0.3 is 0 Å². The molecule has 1 aromatic rings. The maximum atomic E-state index is 6.71. The fourth-order valence-corrected chi connectivity index (χ4v) is 6.88. The summed E-state index contributed by atoms with van der Waals surface area (Å²) in [5, 5.41) is 0.180. The summed E-state index contributed by atoms with van der Waals surface area (Å²) in [5.41, 5.74) is 1.30. The molecule has 3 fully saturated rings. The lowest BCUT2D eigenvalue weighted by Gasteiger charge is -2.33. The van der Waals surface area contributed by atoms with Crippen molar-refractivity contribution in [3.05, 3.63) is 30.3 Å². The van der Waals surface area contributed by atoms with Crippen molar-refractivity contribution in [3.63, 3.8) is 0 Å². The molecule has 3 nitrogen and oxygen atoms in total. The summed E-state index contributed by atoms with van der Waals surface area (Å²) >= 11 is 6.65. The summed E-state index contributed by atoms with van der Waals surface area (Å²) in [7, 11) is -0.704. The first-order valence-corrected chi connectivity index (χ1v) is 10.6. The molecule has 0 N–H and O–H groups in total. The van der Waals surface area contributed by atoms with Crippen molar-refractivity contribution >= 4 is 25.7 Å². The number of halogens is 1. The molecule has 2 aliphatic heterocycles. The highest BCUT2D eigenvalue weighted by molar-refractivity contribution is 7.52. The van der Waals surface area contributed by atoms with Crippen LogP contribution in [0, 0.1) is 0 Å². The molecule has 2 saturated heterocycles. The second-order valence-corrected chi connectivity index (χ2v) is 9.20. The van der Waals surface area contributed by atoms with Gasteiger partial charge in [-0.25, -0.2) is 4.67 Å². The predicted octanol–water partition coefficient (Wildman–Crippen LogP) is 5.15. The van der Waals surface area contributed by atoms with Gasteiger partial charge in [-0.15, -0.1) is 11.6 Å². The Bertz CT molecular complexity index is 517. The van der Waals surface area contributed by atoms with Gasteiger partial charge in [-0.2, -0.15) is 0 Å². The zero-order chi connectivity index (χ0) is 15.6. The summed E-state index contributed by atoms with van der Waals surface area (Å²) in [4.78, 5) is 0. The molecule has 3 aliphatic rings. The van der Waals surface area contributed by atoms with Crippen molar-refractivity contribution in [2.24, 2.45) is 0 Å². The number of hydrogen-bond donors (Lipinski definition) is 0. The molecule has 23 heavy (non-hydrogen) atoms. The van der Waals surface area contributed by atoms with Crippen molar-refractivity contribution in [2.75, 3.05) is 17.8 Å². The van der Waals surface area contributed by atoms with Gasteiger partial charge in [-0.3, -0.25) is 0 Å². The molecule has 126 valence electrons. The summed E-state index contributed by atoms with van der Waals surface area (Å²) in [6.07, 6.45) is 8.86. The molecular formula is C18H26ClN2OP. The third-order valence-corrected chi connectivity index (χ3v) is 8.04. The lowest BCUT2D eigenvalue weighted by molar-refractivity contribution is 0.194. The van der Waals surface area contributed by atoms with Crippen LogP contribution in [0.4, 0.5) is 5.69 Å². The molecule has 0 radical (unpaired) electrons. The van der Waals surface area contributed by atoms with Crippen LogP contribution in [-0.2, 0) is 4.52 Å². The molecule has 4 atom stereocenters. The Morgan fingerprint density at radius 1 is 1.00 bits per heavy atom. The van der Waals surface area contributed by atoms with E-state index in [4.69, 9.17) is 16.1 Å². The first-order chi connectivity index (χ1) is 11.3. The summed E-state index contributed by atoms with van der Waals surface area (Å²) < 4.78 is 11.8. The Kier molecular flexibility index (Phi) is 5.10. The van der Waals surface area contributed by atoms with E-state index in [1.165, 1.54) is 44.3 Å². The molecule has 4 rings (SSSR count). The molecule has 0 spiro atoms. The minimum Gasteiger partial charge on any atom is -0.322 e. The van der Waals surface area contributed by atoms with Crippen LogP contribution in [0.2, 0.25) is 0 Å². The van der Waals surface area contributed by atoms with Crippen molar-refractivity contribution in [1.29, 1.82) is 0 Å². The third kappa shape index (κ3) is 3.39. The molecule has 4 unspecified atom stereocenters. The molecule has 5 heteroatoms. The van der Waals surface area contributed by atoms with Gasteiger partial charge in [0.15, 0.2) is 0 Å². The van der Waals surface area contributed by atoms with Crippen LogP contribution >= 0.6 is 20.1 Å². The maximum absolute atomic E-state index is 6.71. The van der Waals surface area contributed by atoms with E-state index in [0.29, 0.717) is 6.04 Å². The third-order valence-electron chi connectivity index (χ3n) is 5.31. The number of para-hydroxylation sites is 1. The highest BCUT2D eigenvalue weighted by atomic mass is 35.5. The normalized spacial score (nSPS) is 35.3. The fraction of sp³-hybridized carbons (Fsp3) is 0.667. The number of fused-ring (bicyclic) bond motifs is 1. The predicted molar refractivity (Wildman–Crippen MR) is 98.0 cm³/mol. The molecule has 0 amide bonds. The van der Waals surface area contributed by atoms with Gasteiger partial charge in [-0.1, -0.05) is 37.5 Å². The van der Waals surface area contributed by atoms with Gasteiger partial charge < -0.3 is 9.19 Å². The van der Waals surface area contributed by atoms with Gasteiger partial charge in [0.2, 0.25) is 8.45 Å². The topological polar surface area (TPSA) is 15.7 Å². The van der Waals surface area contributed by atoms with Crippen molar-refractivity contribution in [2.45, 2.75) is 62.5 Å². The number of anilines is 1. The van der Waals surface area contributed by atoms with Gasteiger partial charge in [0.05, 0.1) is 11.5 Å². The van der Waals surface area contributed by atoms with E-state index in [-0.39, 0.29) is 11.5 Å². The van der Waals surface area contributed by atoms with E-state index in [9.17, 15) is 0 Å². The maximum Gasteiger partial charge on any atom is 0.218 e. The Morgan fingerprint density at radius 3 is 2.70 bits per heavy atom. The van der Waals surface area contributed by atoms with Crippen LogP contribution in [0.5, 0.6) is 0 Å². The van der Waals surface area contributed by atoms with E-state index >= 15 is 0 Å². The minimum atomic E-state index is -0.704. The number of nitrogens with zero attached hydrogens (tertiary/aromatic N) is 2. The second-order valence-electron chi connectivity index (χ2n) is 6.93. The average molecular weight is 353 g/mol. The van der Waals surface area contributed by atoms with Gasteiger partial charge in [0.25, 0.3) is 0 Å². The van der Waals surface area contributed by atoms with E-state index < -0.39 is 8.45 Å². The Balaban J connectivity index is 1.54. The Hall–Kier alpha value is -0.340. The van der Waals surface area contributed by atoms with Crippen LogP contribution in [0.25, 0.3) is 0 Å². The molecule has 0 aromatic heterocycles. The van der Waals surface area contributed by atoms with Crippen LogP contribution in [0.15, 0.2) is 30.3 Å². The highest BCUT2D eigenvalue weighted by Gasteiger charge is 2.45. The number of benzene rings is 1. The molecule has 0 bridgehead atoms. The first-order valence-electron chi connectivity index (χ1n) is 9.03. The van der Waals surface area contributed by atoms with E-state index in [1.807, 2.05) is 0 Å². The SMILES string of the molecule is ClC1CCCCCC1OP1N(c2ccccc2)CC2CCCN21. The Morgan fingerprint density at radius 2 is 1.83 bits per heavy atom. The highest BCUT2D eigenvalue weighted by Crippen LogP contribution is 2.58. The second kappa shape index (κ2) is 7.27. The van der Waals surface area contributed by atoms with Crippen LogP contribution in [0.3, 0.4) is 0 Å². The van der Waals surface area contributed by atoms with Crippen molar-refractivity contribution in [1.82, 2.24) is 4.67 Å². The minimum absolute atomic E-state index is 0.180. The Labute approximate surface area is 145 Å². The zero-order valence-corrected chi connectivity index (χ0v) is 15.3. The summed E-state index contributed by atoms with van der Waals surface area (Å²) in [6, 6.07) is 11.4. The van der Waals surface area contributed by atoms with E-state index in [2.05, 4.69) is 39.7 Å². The van der Waals surface area contributed by atoms with Crippen molar-refractivity contribution < 1.29 is 4.52 Å².